The number of nitrogens with two attached hydrogens (primary N) is 1. The number of hydrogen-bond acceptors (Lipinski definition) is 4. The first kappa shape index (κ1) is 27.5. The Morgan fingerprint density at radius 3 is 2.28 bits per heavy atom. The van der Waals surface area contributed by atoms with Gasteiger partial charge in [0.25, 0.3) is 0 Å². The molecule has 2 aromatic heterocycles. The van der Waals surface area contributed by atoms with Gasteiger partial charge in [-0.1, -0.05) is 78.9 Å². The van der Waals surface area contributed by atoms with Crippen molar-refractivity contribution in [3.63, 3.8) is 0 Å². The van der Waals surface area contributed by atoms with E-state index in [0.29, 0.717) is 11.4 Å². The fourth-order valence-electron chi connectivity index (χ4n) is 6.10. The lowest BCUT2D eigenvalue weighted by Gasteiger charge is -2.14. The molecule has 0 amide bonds. The van der Waals surface area contributed by atoms with Crippen LogP contribution in [0.25, 0.3) is 47.7 Å². The van der Waals surface area contributed by atoms with Crippen molar-refractivity contribution in [1.29, 1.82) is 5.26 Å². The van der Waals surface area contributed by atoms with Gasteiger partial charge in [0.15, 0.2) is 6.17 Å². The number of nitriles is 1. The molecule has 2 N–H and O–H groups in total. The van der Waals surface area contributed by atoms with Gasteiger partial charge < -0.3 is 10.3 Å². The van der Waals surface area contributed by atoms with E-state index in [4.69, 9.17) is 15.7 Å². The average molecular weight is 610 g/mol. The predicted molar refractivity (Wildman–Crippen MR) is 192 cm³/mol. The molecule has 0 saturated carbocycles. The molecule has 5 nitrogen and oxygen atoms in total. The summed E-state index contributed by atoms with van der Waals surface area (Å²) in [6.07, 6.45) is 1.25. The minimum absolute atomic E-state index is 0.355. The Bertz CT molecular complexity index is 2500. The third-order valence-electron chi connectivity index (χ3n) is 8.33. The highest BCUT2D eigenvalue weighted by atomic mass is 32.1. The minimum atomic E-state index is -0.587. The molecule has 0 bridgehead atoms. The molecule has 46 heavy (non-hydrogen) atoms. The molecular weight excluding hydrogens is 583 g/mol. The van der Waals surface area contributed by atoms with Crippen LogP contribution in [-0.4, -0.2) is 16.6 Å². The summed E-state index contributed by atoms with van der Waals surface area (Å²) in [6.45, 7) is 0. The zero-order valence-electron chi connectivity index (χ0n) is 24.7. The van der Waals surface area contributed by atoms with Crippen LogP contribution >= 0.6 is 11.3 Å². The number of thiophene rings is 1. The molecule has 6 aromatic carbocycles. The zero-order valence-corrected chi connectivity index (χ0v) is 25.5. The van der Waals surface area contributed by atoms with Crippen molar-refractivity contribution in [2.45, 2.75) is 6.17 Å². The number of hydrogen-bond donors (Lipinski definition) is 1. The molecule has 0 radical (unpaired) electrons. The van der Waals surface area contributed by atoms with Crippen molar-refractivity contribution in [1.82, 2.24) is 4.57 Å². The molecule has 0 spiro atoms. The topological polar surface area (TPSA) is 79.5 Å². The van der Waals surface area contributed by atoms with Gasteiger partial charge in [-0.2, -0.15) is 5.26 Å². The largest absolute Gasteiger partial charge is 0.383 e. The smallest absolute Gasteiger partial charge is 0.167 e. The van der Waals surface area contributed by atoms with Crippen LogP contribution in [0, 0.1) is 11.3 Å². The van der Waals surface area contributed by atoms with Gasteiger partial charge in [0.2, 0.25) is 0 Å². The number of para-hydroxylation sites is 1. The van der Waals surface area contributed by atoms with Crippen molar-refractivity contribution in [3.05, 3.63) is 162 Å². The molecule has 8 rings (SSSR count). The summed E-state index contributed by atoms with van der Waals surface area (Å²) in [5.74, 6) is 0.355. The third kappa shape index (κ3) is 4.89. The van der Waals surface area contributed by atoms with Crippen molar-refractivity contribution in [3.8, 4) is 11.8 Å². The van der Waals surface area contributed by atoms with Crippen LogP contribution in [-0.2, 0) is 0 Å². The van der Waals surface area contributed by atoms with Crippen LogP contribution < -0.4 is 5.73 Å². The second-order valence-electron chi connectivity index (χ2n) is 11.2. The van der Waals surface area contributed by atoms with E-state index in [1.807, 2.05) is 66.1 Å². The lowest BCUT2D eigenvalue weighted by Crippen LogP contribution is -2.15. The maximum atomic E-state index is 9.23. The maximum absolute atomic E-state index is 9.23. The molecule has 1 atom stereocenters. The Balaban J connectivity index is 1.30. The van der Waals surface area contributed by atoms with Gasteiger partial charge in [0, 0.05) is 54.0 Å². The maximum Gasteiger partial charge on any atom is 0.167 e. The molecule has 8 aromatic rings. The molecular formula is C40H27N5S. The van der Waals surface area contributed by atoms with Crippen LogP contribution in [0.15, 0.2) is 150 Å². The number of fused-ring (bicyclic) bond motifs is 6. The van der Waals surface area contributed by atoms with Gasteiger partial charge in [-0.05, 0) is 66.2 Å². The SMILES string of the molecule is N#Cc1ccc(C(N)=NC(N=Cc2ccccc2)c2cccc(-n3c4ccccc4c4cc5sc6ccccc6c5cc43)c2)cc1. The molecule has 0 saturated heterocycles. The van der Waals surface area contributed by atoms with E-state index in [9.17, 15) is 5.26 Å². The Hall–Kier alpha value is -6.03. The van der Waals surface area contributed by atoms with Crippen molar-refractivity contribution in [2.24, 2.45) is 15.7 Å². The third-order valence-corrected chi connectivity index (χ3v) is 9.47. The summed E-state index contributed by atoms with van der Waals surface area (Å²) < 4.78 is 4.92. The molecule has 6 heteroatoms. The molecule has 2 heterocycles. The molecule has 218 valence electrons. The fraction of sp³-hybridized carbons (Fsp3) is 0.0250. The number of aromatic nitrogens is 1. The zero-order chi connectivity index (χ0) is 31.0. The second kappa shape index (κ2) is 11.5. The predicted octanol–water partition coefficient (Wildman–Crippen LogP) is 9.55. The summed E-state index contributed by atoms with van der Waals surface area (Å²) >= 11 is 1.84. The lowest BCUT2D eigenvalue weighted by molar-refractivity contribution is 0.780. The lowest BCUT2D eigenvalue weighted by atomic mass is 10.1. The molecule has 0 fully saturated rings. The number of amidine groups is 1. The van der Waals surface area contributed by atoms with E-state index < -0.39 is 6.17 Å². The standard InChI is InChI=1S/C40H27N5S/c41-24-26-17-19-28(20-18-26)39(42)44-40(43-25-27-9-2-1-3-10-27)29-11-8-12-30(21-29)45-35-15-6-4-13-31(35)33-23-38-34(22-36(33)45)32-14-5-7-16-37(32)46-38/h1-23,25,40H,(H2,42,44). The summed E-state index contributed by atoms with van der Waals surface area (Å²) in [5, 5.41) is 14.2. The van der Waals surface area contributed by atoms with Crippen LogP contribution in [0.2, 0.25) is 0 Å². The van der Waals surface area contributed by atoms with Gasteiger partial charge >= 0.3 is 0 Å². The van der Waals surface area contributed by atoms with Gasteiger partial charge in [0.1, 0.15) is 5.84 Å². The highest BCUT2D eigenvalue weighted by Gasteiger charge is 2.17. The van der Waals surface area contributed by atoms with E-state index in [-0.39, 0.29) is 0 Å². The first-order valence-electron chi connectivity index (χ1n) is 15.0. The van der Waals surface area contributed by atoms with Gasteiger partial charge in [-0.3, -0.25) is 4.99 Å². The molecule has 0 aliphatic heterocycles. The molecule has 0 aliphatic carbocycles. The summed E-state index contributed by atoms with van der Waals surface area (Å²) in [7, 11) is 0. The highest BCUT2D eigenvalue weighted by molar-refractivity contribution is 7.25. The van der Waals surface area contributed by atoms with Crippen molar-refractivity contribution in [2.75, 3.05) is 0 Å². The monoisotopic (exact) mass is 609 g/mol. The Morgan fingerprint density at radius 1 is 0.696 bits per heavy atom. The average Bonchev–Trinajstić information content (AvgIpc) is 3.64. The van der Waals surface area contributed by atoms with Crippen molar-refractivity contribution < 1.29 is 0 Å². The summed E-state index contributed by atoms with van der Waals surface area (Å²) in [4.78, 5) is 9.83. The number of nitrogens with zero attached hydrogens (tertiary/aromatic N) is 4. The van der Waals surface area contributed by atoms with Gasteiger partial charge in [0.05, 0.1) is 22.7 Å². The second-order valence-corrected chi connectivity index (χ2v) is 12.3. The van der Waals surface area contributed by atoms with Crippen LogP contribution in [0.5, 0.6) is 0 Å². The van der Waals surface area contributed by atoms with Gasteiger partial charge in [-0.15, -0.1) is 11.3 Å². The Morgan fingerprint density at radius 2 is 1.46 bits per heavy atom. The minimum Gasteiger partial charge on any atom is -0.383 e. The van der Waals surface area contributed by atoms with Gasteiger partial charge in [-0.25, -0.2) is 4.99 Å². The Labute approximate surface area is 269 Å². The summed E-state index contributed by atoms with van der Waals surface area (Å²) in [6, 6.07) is 49.5. The number of benzene rings is 6. The first-order valence-corrected chi connectivity index (χ1v) is 15.8. The normalized spacial score (nSPS) is 12.8. The molecule has 0 aliphatic rings. The Kier molecular flexibility index (Phi) is 6.86. The van der Waals surface area contributed by atoms with Crippen LogP contribution in [0.3, 0.4) is 0 Å². The summed E-state index contributed by atoms with van der Waals surface area (Å²) in [5.41, 5.74) is 13.1. The molecule has 1 unspecified atom stereocenters. The van der Waals surface area contributed by atoms with Crippen molar-refractivity contribution >= 4 is 65.4 Å². The van der Waals surface area contributed by atoms with E-state index in [0.717, 1.165) is 33.4 Å². The fourth-order valence-corrected chi connectivity index (χ4v) is 7.23. The highest BCUT2D eigenvalue weighted by Crippen LogP contribution is 2.40. The van der Waals surface area contributed by atoms with E-state index in [1.165, 1.54) is 30.9 Å². The number of rotatable bonds is 6. The van der Waals surface area contributed by atoms with Crippen LogP contribution in [0.4, 0.5) is 0 Å². The van der Waals surface area contributed by atoms with Crippen LogP contribution in [0.1, 0.15) is 28.4 Å². The van der Waals surface area contributed by atoms with E-state index >= 15 is 0 Å². The van der Waals surface area contributed by atoms with E-state index in [2.05, 4.69) is 89.5 Å². The van der Waals surface area contributed by atoms with E-state index in [1.54, 1.807) is 12.1 Å². The quantitative estimate of drug-likeness (QED) is 0.150. The first-order chi connectivity index (χ1) is 22.7. The number of aliphatic imine (C=N–C) groups is 2.